The number of hydrogen-bond acceptors (Lipinski definition) is 2. The van der Waals surface area contributed by atoms with Gasteiger partial charge in [-0.15, -0.1) is 0 Å². The molecule has 4 nitrogen and oxygen atoms in total. The van der Waals surface area contributed by atoms with Crippen molar-refractivity contribution in [1.82, 2.24) is 5.32 Å². The van der Waals surface area contributed by atoms with Gasteiger partial charge in [-0.05, 0) is 36.0 Å². The molecule has 0 unspecified atom stereocenters. The lowest BCUT2D eigenvalue weighted by Crippen LogP contribution is -2.29. The molecule has 0 saturated carbocycles. The second kappa shape index (κ2) is 6.70. The predicted octanol–water partition coefficient (Wildman–Crippen LogP) is 2.95. The van der Waals surface area contributed by atoms with Crippen LogP contribution in [0.15, 0.2) is 12.1 Å². The molecule has 2 N–H and O–H groups in total. The Balaban J connectivity index is 2.59. The highest BCUT2D eigenvalue weighted by Gasteiger charge is 2.25. The Labute approximate surface area is 124 Å². The van der Waals surface area contributed by atoms with Crippen molar-refractivity contribution in [3.05, 3.63) is 34.6 Å². The zero-order valence-electron chi connectivity index (χ0n) is 12.9. The van der Waals surface area contributed by atoms with Gasteiger partial charge in [0.15, 0.2) is 0 Å². The van der Waals surface area contributed by atoms with E-state index in [2.05, 4.69) is 5.32 Å². The molecule has 0 radical (unpaired) electrons. The maximum Gasteiger partial charge on any atom is 0.303 e. The summed E-state index contributed by atoms with van der Waals surface area (Å²) < 4.78 is 13.5. The molecular formula is C16H22FNO3. The molecule has 0 aliphatic heterocycles. The van der Waals surface area contributed by atoms with E-state index >= 15 is 0 Å². The van der Waals surface area contributed by atoms with E-state index in [4.69, 9.17) is 5.11 Å². The van der Waals surface area contributed by atoms with Crippen LogP contribution in [0.4, 0.5) is 4.39 Å². The molecule has 0 spiro atoms. The normalized spacial score (nSPS) is 11.3. The van der Waals surface area contributed by atoms with Crippen LogP contribution in [0.1, 0.15) is 43.4 Å². The van der Waals surface area contributed by atoms with Gasteiger partial charge in [-0.3, -0.25) is 9.59 Å². The van der Waals surface area contributed by atoms with Crippen LogP contribution in [0, 0.1) is 25.1 Å². The number of nitrogens with one attached hydrogen (secondary N) is 1. The topological polar surface area (TPSA) is 66.4 Å². The molecule has 0 aliphatic rings. The molecule has 1 rings (SSSR count). The molecule has 0 heterocycles. The van der Waals surface area contributed by atoms with E-state index in [9.17, 15) is 14.0 Å². The van der Waals surface area contributed by atoms with Gasteiger partial charge < -0.3 is 10.4 Å². The fraction of sp³-hybridized carbons (Fsp3) is 0.500. The minimum atomic E-state index is -0.919. The first-order valence-electron chi connectivity index (χ1n) is 6.85. The van der Waals surface area contributed by atoms with Crippen LogP contribution in [0.2, 0.25) is 0 Å². The van der Waals surface area contributed by atoms with E-state index in [0.29, 0.717) is 17.7 Å². The van der Waals surface area contributed by atoms with E-state index in [1.54, 1.807) is 39.8 Å². The van der Waals surface area contributed by atoms with Gasteiger partial charge in [-0.1, -0.05) is 26.0 Å². The van der Waals surface area contributed by atoms with Crippen LogP contribution >= 0.6 is 0 Å². The summed E-state index contributed by atoms with van der Waals surface area (Å²) >= 11 is 0. The highest BCUT2D eigenvalue weighted by atomic mass is 19.1. The molecule has 1 aromatic carbocycles. The first kappa shape index (κ1) is 17.1. The van der Waals surface area contributed by atoms with Gasteiger partial charge >= 0.3 is 5.97 Å². The molecule has 0 aromatic heterocycles. The number of rotatable bonds is 6. The highest BCUT2D eigenvalue weighted by Crippen LogP contribution is 2.24. The van der Waals surface area contributed by atoms with Crippen LogP contribution < -0.4 is 5.32 Å². The molecule has 0 fully saturated rings. The molecule has 1 amide bonds. The Hall–Kier alpha value is -1.91. The maximum absolute atomic E-state index is 13.5. The molecule has 0 bridgehead atoms. The second-order valence-electron chi connectivity index (χ2n) is 6.23. The first-order valence-corrected chi connectivity index (χ1v) is 6.85. The smallest absolute Gasteiger partial charge is 0.303 e. The number of halogens is 1. The number of amides is 1. The van der Waals surface area contributed by atoms with Crippen molar-refractivity contribution in [3.63, 3.8) is 0 Å². The van der Waals surface area contributed by atoms with Gasteiger partial charge in [0.2, 0.25) is 5.91 Å². The van der Waals surface area contributed by atoms with Gasteiger partial charge in [0.1, 0.15) is 5.82 Å². The highest BCUT2D eigenvalue weighted by molar-refractivity contribution is 5.77. The summed E-state index contributed by atoms with van der Waals surface area (Å²) in [5, 5.41) is 11.5. The van der Waals surface area contributed by atoms with E-state index in [1.807, 2.05) is 0 Å². The number of hydrogen-bond donors (Lipinski definition) is 2. The second-order valence-corrected chi connectivity index (χ2v) is 6.23. The van der Waals surface area contributed by atoms with E-state index in [0.717, 1.165) is 5.56 Å². The fourth-order valence-electron chi connectivity index (χ4n) is 2.31. The number of carbonyl (C=O) groups excluding carboxylic acids is 1. The van der Waals surface area contributed by atoms with Crippen molar-refractivity contribution in [2.24, 2.45) is 5.41 Å². The van der Waals surface area contributed by atoms with Crippen molar-refractivity contribution < 1.29 is 19.1 Å². The number of carboxylic acids is 1. The van der Waals surface area contributed by atoms with Crippen LogP contribution in [0.3, 0.4) is 0 Å². The van der Waals surface area contributed by atoms with Crippen molar-refractivity contribution in [3.8, 4) is 0 Å². The average Bonchev–Trinajstić information content (AvgIpc) is 2.30. The minimum Gasteiger partial charge on any atom is -0.481 e. The van der Waals surface area contributed by atoms with Gasteiger partial charge in [0.05, 0.1) is 6.42 Å². The maximum atomic E-state index is 13.5. The summed E-state index contributed by atoms with van der Waals surface area (Å²) in [5.41, 5.74) is 1.33. The fourth-order valence-corrected chi connectivity index (χ4v) is 2.31. The molecule has 5 heteroatoms. The third-order valence-corrected chi connectivity index (χ3v) is 3.25. The van der Waals surface area contributed by atoms with Crippen molar-refractivity contribution in [1.29, 1.82) is 0 Å². The molecule has 0 saturated heterocycles. The van der Waals surface area contributed by atoms with Crippen LogP contribution in [-0.4, -0.2) is 17.0 Å². The van der Waals surface area contributed by atoms with Crippen LogP contribution in [0.5, 0.6) is 0 Å². The summed E-state index contributed by atoms with van der Waals surface area (Å²) in [6.07, 6.45) is 0.0770. The Morgan fingerprint density at radius 2 is 1.71 bits per heavy atom. The number of carboxylic acid groups (broad SMARTS) is 1. The quantitative estimate of drug-likeness (QED) is 0.848. The van der Waals surface area contributed by atoms with Gasteiger partial charge in [0.25, 0.3) is 0 Å². The molecule has 0 aliphatic carbocycles. The zero-order chi connectivity index (χ0) is 16.2. The Kier molecular flexibility index (Phi) is 5.47. The standard InChI is InChI=1S/C16H22FNO3/c1-10-5-12(6-11(2)15(10)17)9-18-13(19)7-16(3,4)8-14(20)21/h5-6H,7-9H2,1-4H3,(H,18,19)(H,20,21). The van der Waals surface area contributed by atoms with Gasteiger partial charge in [-0.25, -0.2) is 4.39 Å². The predicted molar refractivity (Wildman–Crippen MR) is 78.4 cm³/mol. The monoisotopic (exact) mass is 295 g/mol. The van der Waals surface area contributed by atoms with Crippen LogP contribution in [-0.2, 0) is 16.1 Å². The van der Waals surface area contributed by atoms with Gasteiger partial charge in [0, 0.05) is 13.0 Å². The molecule has 116 valence electrons. The molecule has 1 aromatic rings. The average molecular weight is 295 g/mol. The minimum absolute atomic E-state index is 0.0603. The lowest BCUT2D eigenvalue weighted by Gasteiger charge is -2.21. The van der Waals surface area contributed by atoms with Gasteiger partial charge in [-0.2, -0.15) is 0 Å². The summed E-state index contributed by atoms with van der Waals surface area (Å²) in [6, 6.07) is 3.40. The van der Waals surface area contributed by atoms with Crippen molar-refractivity contribution in [2.75, 3.05) is 0 Å². The summed E-state index contributed by atoms with van der Waals surface area (Å²) in [6.45, 7) is 7.16. The Bertz CT molecular complexity index is 529. The lowest BCUT2D eigenvalue weighted by molar-refractivity contribution is -0.139. The molecular weight excluding hydrogens is 273 g/mol. The number of aliphatic carboxylic acids is 1. The van der Waals surface area contributed by atoms with Crippen molar-refractivity contribution >= 4 is 11.9 Å². The summed E-state index contributed by atoms with van der Waals surface area (Å²) in [7, 11) is 0. The molecule has 21 heavy (non-hydrogen) atoms. The van der Waals surface area contributed by atoms with E-state index < -0.39 is 11.4 Å². The largest absolute Gasteiger partial charge is 0.481 e. The number of carbonyl (C=O) groups is 2. The van der Waals surface area contributed by atoms with E-state index in [-0.39, 0.29) is 24.6 Å². The number of aryl methyl sites for hydroxylation is 2. The van der Waals surface area contributed by atoms with E-state index in [1.165, 1.54) is 0 Å². The summed E-state index contributed by atoms with van der Waals surface area (Å²) in [5.74, 6) is -1.36. The van der Waals surface area contributed by atoms with Crippen molar-refractivity contribution in [2.45, 2.75) is 47.1 Å². The Morgan fingerprint density at radius 1 is 1.19 bits per heavy atom. The SMILES string of the molecule is Cc1cc(CNC(=O)CC(C)(C)CC(=O)O)cc(C)c1F. The Morgan fingerprint density at radius 3 is 2.19 bits per heavy atom. The number of benzene rings is 1. The lowest BCUT2D eigenvalue weighted by atomic mass is 9.85. The summed E-state index contributed by atoms with van der Waals surface area (Å²) in [4.78, 5) is 22.6. The third-order valence-electron chi connectivity index (χ3n) is 3.25. The molecule has 0 atom stereocenters. The first-order chi connectivity index (χ1) is 9.60. The zero-order valence-corrected chi connectivity index (χ0v) is 12.9. The van der Waals surface area contributed by atoms with Crippen LogP contribution in [0.25, 0.3) is 0 Å². The third kappa shape index (κ3) is 5.53.